The monoisotopic (exact) mass is 692 g/mol. The zero-order chi connectivity index (χ0) is 36.5. The van der Waals surface area contributed by atoms with Crippen molar-refractivity contribution >= 4 is 11.9 Å². The minimum absolute atomic E-state index is 0.314. The van der Waals surface area contributed by atoms with E-state index in [1.165, 1.54) is 26.0 Å². The second-order valence-electron chi connectivity index (χ2n) is 12.2. The van der Waals surface area contributed by atoms with E-state index in [2.05, 4.69) is 4.74 Å². The highest BCUT2D eigenvalue weighted by Crippen LogP contribution is 2.56. The van der Waals surface area contributed by atoms with E-state index in [1.54, 1.807) is 20.8 Å². The normalized spacial score (nSPS) is 13.2. The molecule has 0 aromatic heterocycles. The van der Waals surface area contributed by atoms with Crippen LogP contribution in [-0.2, 0) is 15.6 Å². The average Bonchev–Trinajstić information content (AvgIpc) is 2.96. The molecule has 14 heteroatoms. The molecule has 3 rings (SSSR count). The molecule has 0 aliphatic rings. The number of esters is 2. The Kier molecular flexibility index (Phi) is 10.6. The molecule has 48 heavy (non-hydrogen) atoms. The predicted octanol–water partition coefficient (Wildman–Crippen LogP) is 10.2. The van der Waals surface area contributed by atoms with Gasteiger partial charge < -0.3 is 14.2 Å². The first-order valence-electron chi connectivity index (χ1n) is 14.6. The Bertz CT molecular complexity index is 1590. The topological polar surface area (TPSA) is 61.8 Å². The van der Waals surface area contributed by atoms with Crippen molar-refractivity contribution in [2.45, 2.75) is 89.5 Å². The molecule has 0 unspecified atom stereocenters. The molecular weight excluding hydrogens is 659 g/mol. The molecule has 0 saturated carbocycles. The summed E-state index contributed by atoms with van der Waals surface area (Å²) >= 11 is 0. The fourth-order valence-electron chi connectivity index (χ4n) is 4.70. The molecule has 0 saturated heterocycles. The van der Waals surface area contributed by atoms with Crippen LogP contribution in [0.3, 0.4) is 0 Å². The molecule has 0 heterocycles. The SMILES string of the molecule is CCC(C)(C)OC(=O)c1ccc(C(=O)Oc2ccc(C(c3ccc(C(C)(C)CC)cc3)(C(F)(F)F)C(F)(F)F)cc2)cc1OC(F)(F)F. The van der Waals surface area contributed by atoms with Gasteiger partial charge in [-0.25, -0.2) is 9.59 Å². The molecule has 0 atom stereocenters. The van der Waals surface area contributed by atoms with Crippen LogP contribution in [0.5, 0.6) is 11.5 Å². The number of carbonyl (C=O) groups is 2. The maximum absolute atomic E-state index is 14.6. The van der Waals surface area contributed by atoms with E-state index in [9.17, 15) is 49.1 Å². The highest BCUT2D eigenvalue weighted by atomic mass is 19.4. The minimum atomic E-state index is -5.87. The third-order valence-corrected chi connectivity index (χ3v) is 8.21. The zero-order valence-electron chi connectivity index (χ0n) is 26.7. The number of benzene rings is 3. The van der Waals surface area contributed by atoms with Crippen LogP contribution in [0.1, 0.15) is 91.8 Å². The van der Waals surface area contributed by atoms with Gasteiger partial charge in [0.05, 0.1) is 5.56 Å². The van der Waals surface area contributed by atoms with Gasteiger partial charge in [0.15, 0.2) is 0 Å². The van der Waals surface area contributed by atoms with Crippen molar-refractivity contribution in [1.82, 2.24) is 0 Å². The first kappa shape index (κ1) is 38.2. The quantitative estimate of drug-likeness (QED) is 0.120. The number of hydrogen-bond acceptors (Lipinski definition) is 5. The van der Waals surface area contributed by atoms with E-state index in [1.807, 2.05) is 6.92 Å². The van der Waals surface area contributed by atoms with Crippen molar-refractivity contribution in [2.75, 3.05) is 0 Å². The smallest absolute Gasteiger partial charge is 0.456 e. The Labute approximate surface area is 271 Å². The summed E-state index contributed by atoms with van der Waals surface area (Å²) in [6.45, 7) is 10.1. The van der Waals surface area contributed by atoms with E-state index in [-0.39, 0.29) is 0 Å². The summed E-state index contributed by atoms with van der Waals surface area (Å²) in [5.41, 5.74) is -9.05. The molecule has 0 aliphatic heterocycles. The first-order valence-corrected chi connectivity index (χ1v) is 14.6. The lowest BCUT2D eigenvalue weighted by molar-refractivity contribution is -0.288. The summed E-state index contributed by atoms with van der Waals surface area (Å²) in [5.74, 6) is -4.15. The Morgan fingerprint density at radius 3 is 1.54 bits per heavy atom. The number of ether oxygens (including phenoxy) is 3. The molecule has 5 nitrogen and oxygen atoms in total. The summed E-state index contributed by atoms with van der Waals surface area (Å²) in [7, 11) is 0. The standard InChI is InChI=1S/C34H33F9O5/c1-7-29(3,4)21-10-12-22(13-11-21)31(32(35,36)37,33(38,39)40)23-14-16-24(17-15-23)46-27(44)20-9-18-25(26(19-20)47-34(41,42)43)28(45)48-30(5,6)8-2/h9-19H,7-8H2,1-6H3. The summed E-state index contributed by atoms with van der Waals surface area (Å²) in [6, 6.07) is 8.67. The fraction of sp³-hybridized carbons (Fsp3) is 0.412. The number of alkyl halides is 9. The predicted molar refractivity (Wildman–Crippen MR) is 157 cm³/mol. The highest BCUT2D eigenvalue weighted by molar-refractivity contribution is 5.97. The molecule has 0 aliphatic carbocycles. The number of rotatable bonds is 10. The molecule has 0 spiro atoms. The van der Waals surface area contributed by atoms with Crippen molar-refractivity contribution < 1.29 is 63.3 Å². The van der Waals surface area contributed by atoms with E-state index in [4.69, 9.17) is 9.47 Å². The van der Waals surface area contributed by atoms with Crippen molar-refractivity contribution in [3.8, 4) is 11.5 Å². The lowest BCUT2D eigenvalue weighted by Gasteiger charge is -2.38. The fourth-order valence-corrected chi connectivity index (χ4v) is 4.70. The van der Waals surface area contributed by atoms with Crippen molar-refractivity contribution in [3.05, 3.63) is 94.5 Å². The number of halogens is 9. The summed E-state index contributed by atoms with van der Waals surface area (Å²) in [6.07, 6.45) is -16.1. The minimum Gasteiger partial charge on any atom is -0.456 e. The lowest BCUT2D eigenvalue weighted by atomic mass is 9.72. The Hall–Kier alpha value is -4.23. The van der Waals surface area contributed by atoms with E-state index >= 15 is 0 Å². The third kappa shape index (κ3) is 8.07. The van der Waals surface area contributed by atoms with Gasteiger partial charge in [0.25, 0.3) is 0 Å². The molecule has 3 aromatic rings. The first-order chi connectivity index (χ1) is 21.9. The van der Waals surface area contributed by atoms with E-state index in [0.717, 1.165) is 24.3 Å². The van der Waals surface area contributed by atoms with Crippen LogP contribution in [0, 0.1) is 0 Å². The van der Waals surface area contributed by atoms with Gasteiger partial charge in [-0.05, 0) is 79.1 Å². The van der Waals surface area contributed by atoms with Gasteiger partial charge in [0, 0.05) is 0 Å². The van der Waals surface area contributed by atoms with Gasteiger partial charge in [-0.1, -0.05) is 64.1 Å². The summed E-state index contributed by atoms with van der Waals surface area (Å²) in [5, 5.41) is 0. The Morgan fingerprint density at radius 2 is 1.10 bits per heavy atom. The summed E-state index contributed by atoms with van der Waals surface area (Å²) in [4.78, 5) is 25.4. The van der Waals surface area contributed by atoms with Crippen LogP contribution in [0.15, 0.2) is 66.7 Å². The summed E-state index contributed by atoms with van der Waals surface area (Å²) < 4.78 is 141. The van der Waals surface area contributed by atoms with Gasteiger partial charge in [0.1, 0.15) is 22.7 Å². The van der Waals surface area contributed by atoms with Gasteiger partial charge in [-0.15, -0.1) is 13.2 Å². The molecule has 0 N–H and O–H groups in total. The van der Waals surface area contributed by atoms with Crippen molar-refractivity contribution in [2.24, 2.45) is 0 Å². The Morgan fingerprint density at radius 1 is 0.625 bits per heavy atom. The number of carbonyl (C=O) groups excluding carboxylic acids is 2. The van der Waals surface area contributed by atoms with E-state index in [0.29, 0.717) is 48.7 Å². The van der Waals surface area contributed by atoms with Crippen LogP contribution < -0.4 is 9.47 Å². The molecule has 0 amide bonds. The average molecular weight is 693 g/mol. The largest absolute Gasteiger partial charge is 0.573 e. The second-order valence-corrected chi connectivity index (χ2v) is 12.2. The van der Waals surface area contributed by atoms with Crippen LogP contribution in [0.2, 0.25) is 0 Å². The number of hydrogen-bond donors (Lipinski definition) is 0. The van der Waals surface area contributed by atoms with E-state index < -0.39 is 80.8 Å². The van der Waals surface area contributed by atoms with Crippen LogP contribution in [0.4, 0.5) is 39.5 Å². The Balaban J connectivity index is 2.01. The molecule has 0 bridgehead atoms. The third-order valence-electron chi connectivity index (χ3n) is 8.21. The van der Waals surface area contributed by atoms with Crippen LogP contribution >= 0.6 is 0 Å². The van der Waals surface area contributed by atoms with Crippen molar-refractivity contribution in [1.29, 1.82) is 0 Å². The lowest BCUT2D eigenvalue weighted by Crippen LogP contribution is -2.54. The van der Waals surface area contributed by atoms with Crippen molar-refractivity contribution in [3.63, 3.8) is 0 Å². The zero-order valence-corrected chi connectivity index (χ0v) is 26.7. The highest BCUT2D eigenvalue weighted by Gasteiger charge is 2.72. The molecule has 262 valence electrons. The molecule has 0 radical (unpaired) electrons. The van der Waals surface area contributed by atoms with Crippen LogP contribution in [0.25, 0.3) is 0 Å². The molecular formula is C34H33F9O5. The maximum Gasteiger partial charge on any atom is 0.573 e. The van der Waals surface area contributed by atoms with Gasteiger partial charge in [0.2, 0.25) is 5.41 Å². The second kappa shape index (κ2) is 13.3. The van der Waals surface area contributed by atoms with Gasteiger partial charge in [-0.3, -0.25) is 0 Å². The van der Waals surface area contributed by atoms with Crippen LogP contribution in [-0.4, -0.2) is 36.3 Å². The van der Waals surface area contributed by atoms with Gasteiger partial charge >= 0.3 is 30.7 Å². The molecule has 3 aromatic carbocycles. The van der Waals surface area contributed by atoms with Gasteiger partial charge in [-0.2, -0.15) is 26.3 Å². The molecule has 0 fully saturated rings. The maximum atomic E-state index is 14.6.